The Morgan fingerprint density at radius 1 is 1.32 bits per heavy atom. The fourth-order valence-corrected chi connectivity index (χ4v) is 4.99. The molecule has 2 aliphatic rings. The van der Waals surface area contributed by atoms with Crippen molar-refractivity contribution in [2.24, 2.45) is 10.8 Å². The molecule has 1 saturated carbocycles. The van der Waals surface area contributed by atoms with Gasteiger partial charge in [0, 0.05) is 5.41 Å². The Hall–Kier alpha value is -1.24. The summed E-state index contributed by atoms with van der Waals surface area (Å²) in [5.74, 6) is 1.17. The Labute approximate surface area is 135 Å². The van der Waals surface area contributed by atoms with Crippen molar-refractivity contribution in [3.63, 3.8) is 0 Å². The molecule has 1 heterocycles. The van der Waals surface area contributed by atoms with E-state index in [1.165, 1.54) is 54.5 Å². The molecule has 3 rings (SSSR count). The fraction of sp³-hybridized carbons (Fsp3) is 0.619. The van der Waals surface area contributed by atoms with Crippen LogP contribution in [0.2, 0.25) is 0 Å². The Kier molecular flexibility index (Phi) is 3.87. The van der Waals surface area contributed by atoms with Crippen molar-refractivity contribution in [2.75, 3.05) is 0 Å². The average molecular weight is 298 g/mol. The van der Waals surface area contributed by atoms with E-state index < -0.39 is 0 Å². The lowest BCUT2D eigenvalue weighted by Gasteiger charge is -2.57. The molecule has 1 aromatic carbocycles. The van der Waals surface area contributed by atoms with Gasteiger partial charge in [0.25, 0.3) is 0 Å². The molecule has 1 heteroatoms. The molecule has 2 atom stereocenters. The third-order valence-electron chi connectivity index (χ3n) is 6.36. The number of hydrogen-bond donors (Lipinski definition) is 0. The maximum atomic E-state index is 6.61. The second-order valence-electron chi connectivity index (χ2n) is 7.90. The molecular weight excluding hydrogens is 268 g/mol. The quantitative estimate of drug-likeness (QED) is 0.656. The van der Waals surface area contributed by atoms with Gasteiger partial charge in [-0.2, -0.15) is 0 Å². The van der Waals surface area contributed by atoms with Crippen LogP contribution in [-0.2, 0) is 6.42 Å². The molecule has 0 N–H and O–H groups in total. The van der Waals surface area contributed by atoms with Crippen LogP contribution in [0.25, 0.3) is 6.08 Å². The molecule has 1 nitrogen and oxygen atoms in total. The van der Waals surface area contributed by atoms with Gasteiger partial charge in [-0.15, -0.1) is 0 Å². The van der Waals surface area contributed by atoms with Gasteiger partial charge in [0.15, 0.2) is 0 Å². The van der Waals surface area contributed by atoms with E-state index in [2.05, 4.69) is 58.9 Å². The van der Waals surface area contributed by atoms with Crippen LogP contribution < -0.4 is 4.74 Å². The highest BCUT2D eigenvalue weighted by atomic mass is 16.5. The van der Waals surface area contributed by atoms with Gasteiger partial charge in [-0.1, -0.05) is 32.9 Å². The van der Waals surface area contributed by atoms with Gasteiger partial charge in [-0.3, -0.25) is 0 Å². The van der Waals surface area contributed by atoms with Gasteiger partial charge in [0.05, 0.1) is 0 Å². The minimum atomic E-state index is 0.291. The summed E-state index contributed by atoms with van der Waals surface area (Å²) in [5, 5.41) is 0. The maximum absolute atomic E-state index is 6.61. The van der Waals surface area contributed by atoms with Gasteiger partial charge < -0.3 is 4.74 Å². The minimum absolute atomic E-state index is 0.291. The van der Waals surface area contributed by atoms with Crippen molar-refractivity contribution < 1.29 is 4.74 Å². The van der Waals surface area contributed by atoms with E-state index in [-0.39, 0.29) is 0 Å². The molecule has 1 aliphatic carbocycles. The van der Waals surface area contributed by atoms with Crippen LogP contribution in [0.15, 0.2) is 18.2 Å². The first kappa shape index (κ1) is 15.6. The summed E-state index contributed by atoms with van der Waals surface area (Å²) in [6.45, 7) is 11.5. The molecule has 22 heavy (non-hydrogen) atoms. The number of allylic oxidation sites excluding steroid dienone is 1. The van der Waals surface area contributed by atoms with Crippen molar-refractivity contribution in [1.29, 1.82) is 0 Å². The molecule has 0 aromatic heterocycles. The Balaban J connectivity index is 2.10. The van der Waals surface area contributed by atoms with Crippen molar-refractivity contribution in [3.8, 4) is 5.75 Å². The summed E-state index contributed by atoms with van der Waals surface area (Å²) in [4.78, 5) is 0. The number of rotatable bonds is 2. The first-order chi connectivity index (χ1) is 10.4. The van der Waals surface area contributed by atoms with Crippen LogP contribution in [0.1, 0.15) is 70.1 Å². The van der Waals surface area contributed by atoms with Gasteiger partial charge in [-0.25, -0.2) is 0 Å². The summed E-state index contributed by atoms with van der Waals surface area (Å²) in [6, 6.07) is 4.60. The fourth-order valence-electron chi connectivity index (χ4n) is 4.99. The number of benzene rings is 1. The van der Waals surface area contributed by atoms with Crippen LogP contribution in [0, 0.1) is 17.8 Å². The van der Waals surface area contributed by atoms with Crippen molar-refractivity contribution in [3.05, 3.63) is 34.9 Å². The smallest absolute Gasteiger partial charge is 0.125 e. The van der Waals surface area contributed by atoms with Crippen molar-refractivity contribution in [2.45, 2.75) is 72.8 Å². The monoisotopic (exact) mass is 298 g/mol. The third-order valence-corrected chi connectivity index (χ3v) is 6.36. The number of fused-ring (bicyclic) bond motifs is 2. The molecule has 0 bridgehead atoms. The molecular formula is C21H30O. The molecule has 1 fully saturated rings. The Bertz CT molecular complexity index is 596. The number of aryl methyl sites for hydroxylation is 1. The second kappa shape index (κ2) is 5.44. The Morgan fingerprint density at radius 2 is 2.09 bits per heavy atom. The van der Waals surface area contributed by atoms with Crippen molar-refractivity contribution in [1.82, 2.24) is 0 Å². The predicted molar refractivity (Wildman–Crippen MR) is 94.4 cm³/mol. The van der Waals surface area contributed by atoms with Gasteiger partial charge in [0.2, 0.25) is 0 Å². The van der Waals surface area contributed by atoms with Crippen LogP contribution in [-0.4, -0.2) is 6.10 Å². The minimum Gasteiger partial charge on any atom is -0.489 e. The molecule has 0 radical (unpaired) electrons. The highest BCUT2D eigenvalue weighted by molar-refractivity contribution is 5.57. The topological polar surface area (TPSA) is 9.23 Å². The molecule has 0 amide bonds. The molecule has 1 aromatic rings. The number of ether oxygens (including phenoxy) is 1. The van der Waals surface area contributed by atoms with E-state index in [1.807, 2.05) is 0 Å². The molecule has 0 saturated heterocycles. The van der Waals surface area contributed by atoms with Crippen LogP contribution in [0.3, 0.4) is 0 Å². The van der Waals surface area contributed by atoms with E-state index in [1.54, 1.807) is 0 Å². The number of hydrogen-bond acceptors (Lipinski definition) is 1. The van der Waals surface area contributed by atoms with E-state index in [0.29, 0.717) is 16.9 Å². The highest BCUT2D eigenvalue weighted by Gasteiger charge is 2.54. The summed E-state index contributed by atoms with van der Waals surface area (Å²) in [6.07, 6.45) is 10.9. The highest BCUT2D eigenvalue weighted by Crippen LogP contribution is 2.58. The summed E-state index contributed by atoms with van der Waals surface area (Å²) in [7, 11) is 0. The molecule has 120 valence electrons. The lowest BCUT2D eigenvalue weighted by Crippen LogP contribution is -2.55. The van der Waals surface area contributed by atoms with E-state index in [9.17, 15) is 0 Å². The zero-order valence-electron chi connectivity index (χ0n) is 14.8. The van der Waals surface area contributed by atoms with E-state index >= 15 is 0 Å². The summed E-state index contributed by atoms with van der Waals surface area (Å²) < 4.78 is 6.61. The molecule has 1 aliphatic heterocycles. The largest absolute Gasteiger partial charge is 0.489 e. The second-order valence-corrected chi connectivity index (χ2v) is 7.90. The van der Waals surface area contributed by atoms with Crippen LogP contribution >= 0.6 is 0 Å². The summed E-state index contributed by atoms with van der Waals surface area (Å²) >= 11 is 0. The molecule has 1 unspecified atom stereocenters. The van der Waals surface area contributed by atoms with Gasteiger partial charge in [-0.05, 0) is 80.2 Å². The first-order valence-corrected chi connectivity index (χ1v) is 8.86. The Morgan fingerprint density at radius 3 is 2.77 bits per heavy atom. The lowest BCUT2D eigenvalue weighted by atomic mass is 9.52. The van der Waals surface area contributed by atoms with Crippen LogP contribution in [0.4, 0.5) is 0 Å². The normalized spacial score (nSPS) is 29.8. The lowest BCUT2D eigenvalue weighted by molar-refractivity contribution is -0.0995. The van der Waals surface area contributed by atoms with Crippen LogP contribution in [0.5, 0.6) is 5.75 Å². The molecule has 0 spiro atoms. The maximum Gasteiger partial charge on any atom is 0.125 e. The first-order valence-electron chi connectivity index (χ1n) is 8.86. The zero-order valence-corrected chi connectivity index (χ0v) is 14.8. The van der Waals surface area contributed by atoms with Gasteiger partial charge in [0.1, 0.15) is 11.9 Å². The van der Waals surface area contributed by atoms with Crippen molar-refractivity contribution >= 4 is 6.08 Å². The zero-order chi connectivity index (χ0) is 16.0. The summed E-state index contributed by atoms with van der Waals surface area (Å²) in [5.41, 5.74) is 4.66. The van der Waals surface area contributed by atoms with E-state index in [4.69, 9.17) is 4.74 Å². The predicted octanol–water partition coefficient (Wildman–Crippen LogP) is 5.94. The SMILES string of the molecule is C/C=C/c1cc(C)c2c(c1)C[C@@]1(CC)C(CCCC1(C)C)O2. The van der Waals surface area contributed by atoms with Gasteiger partial charge >= 0.3 is 0 Å². The average Bonchev–Trinajstić information content (AvgIpc) is 2.46. The standard InChI is InChI=1S/C21H30O/c1-6-9-16-12-15(3)19-17(13-16)14-21(7-2)18(22-19)10-8-11-20(21,4)5/h6,9,12-13,18H,7-8,10-11,14H2,1-5H3/b9-6+/t18?,21-/m0/s1. The van der Waals surface area contributed by atoms with E-state index in [0.717, 1.165) is 0 Å². The third kappa shape index (κ3) is 2.21.